The van der Waals surface area contributed by atoms with Crippen LogP contribution in [-0.4, -0.2) is 29.5 Å². The van der Waals surface area contributed by atoms with Crippen molar-refractivity contribution >= 4 is 5.91 Å². The molecule has 0 aliphatic heterocycles. The number of halogens is 2. The fourth-order valence-corrected chi connectivity index (χ4v) is 3.06. The van der Waals surface area contributed by atoms with Crippen molar-refractivity contribution in [3.05, 3.63) is 29.8 Å². The van der Waals surface area contributed by atoms with Gasteiger partial charge in [-0.3, -0.25) is 4.79 Å². The number of benzene rings is 1. The van der Waals surface area contributed by atoms with Gasteiger partial charge in [0.1, 0.15) is 5.75 Å². The highest BCUT2D eigenvalue weighted by Crippen LogP contribution is 2.35. The SMILES string of the molecule is CCCCOc1cccc(C(F)(F)CCCC(=O)N(C(C)C)C(C)C)c1. The Labute approximate surface area is 156 Å². The molecule has 3 nitrogen and oxygen atoms in total. The van der Waals surface area contributed by atoms with Gasteiger partial charge in [0.05, 0.1) is 6.61 Å². The van der Waals surface area contributed by atoms with Crippen molar-refractivity contribution in [1.82, 2.24) is 4.90 Å². The van der Waals surface area contributed by atoms with Crippen LogP contribution in [0.1, 0.15) is 72.3 Å². The summed E-state index contributed by atoms with van der Waals surface area (Å²) >= 11 is 0. The minimum absolute atomic E-state index is 0.0523. The smallest absolute Gasteiger partial charge is 0.273 e. The molecule has 0 bridgehead atoms. The summed E-state index contributed by atoms with van der Waals surface area (Å²) in [5, 5.41) is 0. The predicted molar refractivity (Wildman–Crippen MR) is 102 cm³/mol. The first kappa shape index (κ1) is 22.4. The lowest BCUT2D eigenvalue weighted by Crippen LogP contribution is -2.42. The Morgan fingerprint density at radius 3 is 2.38 bits per heavy atom. The predicted octanol–water partition coefficient (Wildman–Crippen LogP) is 5.77. The molecule has 0 unspecified atom stereocenters. The fraction of sp³-hybridized carbons (Fsp3) is 0.667. The molecule has 0 N–H and O–H groups in total. The molecule has 0 saturated carbocycles. The highest BCUT2D eigenvalue weighted by Gasteiger charge is 2.32. The zero-order valence-corrected chi connectivity index (χ0v) is 16.7. The summed E-state index contributed by atoms with van der Waals surface area (Å²) in [6.07, 6.45) is 1.83. The molecule has 1 amide bonds. The zero-order chi connectivity index (χ0) is 19.7. The summed E-state index contributed by atoms with van der Waals surface area (Å²) in [7, 11) is 0. The first-order valence-corrected chi connectivity index (χ1v) is 9.61. The summed E-state index contributed by atoms with van der Waals surface area (Å²) in [5.41, 5.74) is -0.0523. The molecule has 0 saturated heterocycles. The molecule has 5 heteroatoms. The van der Waals surface area contributed by atoms with E-state index in [2.05, 4.69) is 6.92 Å². The van der Waals surface area contributed by atoms with Gasteiger partial charge in [-0.15, -0.1) is 0 Å². The number of carbonyl (C=O) groups excluding carboxylic acids is 1. The van der Waals surface area contributed by atoms with Gasteiger partial charge in [-0.25, -0.2) is 8.78 Å². The van der Waals surface area contributed by atoms with Gasteiger partial charge in [-0.05, 0) is 52.7 Å². The number of nitrogens with zero attached hydrogens (tertiary/aromatic N) is 1. The number of alkyl halides is 2. The Bertz CT molecular complexity index is 551. The van der Waals surface area contributed by atoms with Crippen molar-refractivity contribution in [3.8, 4) is 5.75 Å². The van der Waals surface area contributed by atoms with Crippen LogP contribution in [0, 0.1) is 0 Å². The van der Waals surface area contributed by atoms with Crippen LogP contribution in [0.4, 0.5) is 8.78 Å². The Kier molecular flexibility index (Phi) is 9.03. The Hall–Kier alpha value is -1.65. The van der Waals surface area contributed by atoms with Gasteiger partial charge in [-0.2, -0.15) is 0 Å². The van der Waals surface area contributed by atoms with Crippen molar-refractivity contribution in [2.45, 2.75) is 84.7 Å². The normalized spacial score (nSPS) is 11.9. The second-order valence-electron chi connectivity index (χ2n) is 7.28. The largest absolute Gasteiger partial charge is 0.494 e. The first-order valence-electron chi connectivity index (χ1n) is 9.61. The minimum atomic E-state index is -2.97. The number of carbonyl (C=O) groups is 1. The van der Waals surface area contributed by atoms with Crippen LogP contribution in [0.5, 0.6) is 5.75 Å². The van der Waals surface area contributed by atoms with Crippen molar-refractivity contribution < 1.29 is 18.3 Å². The zero-order valence-electron chi connectivity index (χ0n) is 16.7. The van der Waals surface area contributed by atoms with E-state index >= 15 is 0 Å². The Balaban J connectivity index is 2.63. The summed E-state index contributed by atoms with van der Waals surface area (Å²) in [4.78, 5) is 14.1. The molecular formula is C21H33F2NO2. The number of amides is 1. The molecule has 0 spiro atoms. The van der Waals surface area contributed by atoms with Crippen molar-refractivity contribution in [3.63, 3.8) is 0 Å². The van der Waals surface area contributed by atoms with Gasteiger partial charge >= 0.3 is 0 Å². The molecule has 148 valence electrons. The quantitative estimate of drug-likeness (QED) is 0.463. The van der Waals surface area contributed by atoms with Crippen LogP contribution in [0.3, 0.4) is 0 Å². The molecule has 1 aromatic rings. The molecule has 0 heterocycles. The van der Waals surface area contributed by atoms with Crippen LogP contribution in [0.2, 0.25) is 0 Å². The molecule has 0 aromatic heterocycles. The number of hydrogen-bond acceptors (Lipinski definition) is 2. The van der Waals surface area contributed by atoms with E-state index in [0.717, 1.165) is 12.8 Å². The van der Waals surface area contributed by atoms with Crippen molar-refractivity contribution in [1.29, 1.82) is 0 Å². The van der Waals surface area contributed by atoms with Crippen LogP contribution in [0.15, 0.2) is 24.3 Å². The summed E-state index contributed by atoms with van der Waals surface area (Å²) < 4.78 is 34.5. The second kappa shape index (κ2) is 10.5. The number of hydrogen-bond donors (Lipinski definition) is 0. The van der Waals surface area contributed by atoms with Crippen molar-refractivity contribution in [2.24, 2.45) is 0 Å². The van der Waals surface area contributed by atoms with E-state index in [1.165, 1.54) is 12.1 Å². The molecular weight excluding hydrogens is 336 g/mol. The number of rotatable bonds is 11. The monoisotopic (exact) mass is 369 g/mol. The highest BCUT2D eigenvalue weighted by atomic mass is 19.3. The Morgan fingerprint density at radius 2 is 1.81 bits per heavy atom. The third-order valence-electron chi connectivity index (χ3n) is 4.31. The van der Waals surface area contributed by atoms with Gasteiger partial charge in [0, 0.05) is 30.5 Å². The van der Waals surface area contributed by atoms with Gasteiger partial charge < -0.3 is 9.64 Å². The summed E-state index contributed by atoms with van der Waals surface area (Å²) in [5.74, 6) is -2.56. The van der Waals surface area contributed by atoms with Gasteiger partial charge in [0.2, 0.25) is 5.91 Å². The lowest BCUT2D eigenvalue weighted by Gasteiger charge is -2.31. The van der Waals surface area contributed by atoms with Crippen molar-refractivity contribution in [2.75, 3.05) is 6.61 Å². The molecule has 1 aromatic carbocycles. The van der Waals surface area contributed by atoms with E-state index in [-0.39, 0.29) is 42.8 Å². The first-order chi connectivity index (χ1) is 12.2. The van der Waals surface area contributed by atoms with E-state index in [1.54, 1.807) is 17.0 Å². The average Bonchev–Trinajstić information content (AvgIpc) is 2.54. The number of unbranched alkanes of at least 4 members (excludes halogenated alkanes) is 1. The molecule has 0 aliphatic rings. The van der Waals surface area contributed by atoms with E-state index in [4.69, 9.17) is 4.74 Å². The van der Waals surface area contributed by atoms with Gasteiger partial charge in [-0.1, -0.05) is 25.5 Å². The van der Waals surface area contributed by atoms with Crippen LogP contribution >= 0.6 is 0 Å². The van der Waals surface area contributed by atoms with Gasteiger partial charge in [0.25, 0.3) is 5.92 Å². The minimum Gasteiger partial charge on any atom is -0.494 e. The van der Waals surface area contributed by atoms with Gasteiger partial charge in [0.15, 0.2) is 0 Å². The molecule has 0 atom stereocenters. The number of ether oxygens (including phenoxy) is 1. The maximum Gasteiger partial charge on any atom is 0.273 e. The maximum atomic E-state index is 14.5. The van der Waals surface area contributed by atoms with E-state index in [1.807, 2.05) is 27.7 Å². The lowest BCUT2D eigenvalue weighted by atomic mass is 10.0. The molecule has 1 rings (SSSR count). The van der Waals surface area contributed by atoms with E-state index in [0.29, 0.717) is 12.4 Å². The third kappa shape index (κ3) is 6.93. The second-order valence-corrected chi connectivity index (χ2v) is 7.28. The van der Waals surface area contributed by atoms with Crippen LogP contribution in [0.25, 0.3) is 0 Å². The maximum absolute atomic E-state index is 14.5. The lowest BCUT2D eigenvalue weighted by molar-refractivity contribution is -0.135. The Morgan fingerprint density at radius 1 is 1.15 bits per heavy atom. The summed E-state index contributed by atoms with van der Waals surface area (Å²) in [6, 6.07) is 6.26. The average molecular weight is 369 g/mol. The van der Waals surface area contributed by atoms with Crippen LogP contribution < -0.4 is 4.74 Å². The highest BCUT2D eigenvalue weighted by molar-refractivity contribution is 5.76. The topological polar surface area (TPSA) is 29.5 Å². The molecule has 0 aliphatic carbocycles. The van der Waals surface area contributed by atoms with Crippen LogP contribution in [-0.2, 0) is 10.7 Å². The third-order valence-corrected chi connectivity index (χ3v) is 4.31. The van der Waals surface area contributed by atoms with E-state index in [9.17, 15) is 13.6 Å². The standard InChI is InChI=1S/C21H33F2NO2/c1-6-7-14-26-19-11-8-10-18(15-19)21(22,23)13-9-12-20(25)24(16(2)3)17(4)5/h8,10-11,15-17H,6-7,9,12-14H2,1-5H3. The fourth-order valence-electron chi connectivity index (χ4n) is 3.06. The molecule has 26 heavy (non-hydrogen) atoms. The van der Waals surface area contributed by atoms with E-state index < -0.39 is 5.92 Å². The molecule has 0 radical (unpaired) electrons. The molecule has 0 fully saturated rings. The summed E-state index contributed by atoms with van der Waals surface area (Å²) in [6.45, 7) is 10.3.